The summed E-state index contributed by atoms with van der Waals surface area (Å²) in [5, 5.41) is 0.975. The number of nitrogens with one attached hydrogen (secondary N) is 1. The maximum atomic E-state index is 12.7. The SMILES string of the molecule is O=C(NN1C(=O)[C@@H]2[C@H]3C=C[C@H]([C@@H]4C[C@H]34)[C@@H]2C1=O)c1ccccc1. The fourth-order valence-corrected chi connectivity index (χ4v) is 4.82. The number of benzene rings is 1. The number of carbonyl (C=O) groups is 3. The highest BCUT2D eigenvalue weighted by Gasteiger charge is 2.67. The molecular formula is C18H16N2O3. The van der Waals surface area contributed by atoms with Gasteiger partial charge in [-0.15, -0.1) is 0 Å². The summed E-state index contributed by atoms with van der Waals surface area (Å²) in [6.07, 6.45) is 5.37. The van der Waals surface area contributed by atoms with Crippen LogP contribution < -0.4 is 5.43 Å². The molecule has 23 heavy (non-hydrogen) atoms. The summed E-state index contributed by atoms with van der Waals surface area (Å²) in [5.74, 6) is 0.00438. The molecule has 2 bridgehead atoms. The van der Waals surface area contributed by atoms with Crippen LogP contribution in [0.3, 0.4) is 0 Å². The van der Waals surface area contributed by atoms with Crippen molar-refractivity contribution in [1.82, 2.24) is 10.4 Å². The molecule has 4 aliphatic carbocycles. The second-order valence-electron chi connectivity index (χ2n) is 6.97. The first kappa shape index (κ1) is 13.0. The van der Waals surface area contributed by atoms with Crippen LogP contribution >= 0.6 is 0 Å². The van der Waals surface area contributed by atoms with Crippen molar-refractivity contribution < 1.29 is 14.4 Å². The standard InChI is InChI=1S/C18H16N2O3/c21-16(9-4-2-1-3-5-9)19-20-17(22)14-10-6-7-11(13-8-12(10)13)15(14)18(20)23/h1-7,10-15H,8H2,(H,19,21)/t10-,11+,12+,13-,14+,15-. The van der Waals surface area contributed by atoms with Crippen LogP contribution in [0.4, 0.5) is 0 Å². The molecule has 5 heteroatoms. The molecule has 2 saturated carbocycles. The molecule has 1 aliphatic heterocycles. The molecule has 6 atom stereocenters. The minimum absolute atomic E-state index is 0.171. The van der Waals surface area contributed by atoms with E-state index in [0.717, 1.165) is 11.4 Å². The van der Waals surface area contributed by atoms with Gasteiger partial charge in [-0.3, -0.25) is 19.8 Å². The number of amides is 3. The van der Waals surface area contributed by atoms with E-state index in [4.69, 9.17) is 0 Å². The molecule has 1 saturated heterocycles. The molecule has 116 valence electrons. The molecule has 0 unspecified atom stereocenters. The van der Waals surface area contributed by atoms with Crippen LogP contribution in [0.5, 0.6) is 0 Å². The molecule has 3 amide bonds. The third kappa shape index (κ3) is 1.65. The van der Waals surface area contributed by atoms with E-state index in [9.17, 15) is 14.4 Å². The molecule has 1 heterocycles. The van der Waals surface area contributed by atoms with Crippen molar-refractivity contribution in [3.63, 3.8) is 0 Å². The highest BCUT2D eigenvalue weighted by molar-refractivity contribution is 6.08. The fourth-order valence-electron chi connectivity index (χ4n) is 4.82. The summed E-state index contributed by atoms with van der Waals surface area (Å²) in [7, 11) is 0. The molecule has 6 rings (SSSR count). The predicted octanol–water partition coefficient (Wildman–Crippen LogP) is 1.38. The average molecular weight is 308 g/mol. The van der Waals surface area contributed by atoms with Gasteiger partial charge in [0.25, 0.3) is 17.7 Å². The quantitative estimate of drug-likeness (QED) is 0.663. The van der Waals surface area contributed by atoms with Gasteiger partial charge < -0.3 is 0 Å². The fraction of sp³-hybridized carbons (Fsp3) is 0.389. The number of rotatable bonds is 2. The van der Waals surface area contributed by atoms with E-state index in [1.54, 1.807) is 24.3 Å². The summed E-state index contributed by atoms with van der Waals surface area (Å²) < 4.78 is 0. The van der Waals surface area contributed by atoms with Crippen LogP contribution in [0, 0.1) is 35.5 Å². The summed E-state index contributed by atoms with van der Waals surface area (Å²) in [6, 6.07) is 8.63. The highest BCUT2D eigenvalue weighted by Crippen LogP contribution is 2.65. The van der Waals surface area contributed by atoms with Gasteiger partial charge in [0.05, 0.1) is 11.8 Å². The Bertz CT molecular complexity index is 721. The van der Waals surface area contributed by atoms with Crippen LogP contribution in [0.1, 0.15) is 16.8 Å². The van der Waals surface area contributed by atoms with Crippen molar-refractivity contribution in [2.75, 3.05) is 0 Å². The molecule has 5 nitrogen and oxygen atoms in total. The van der Waals surface area contributed by atoms with Crippen molar-refractivity contribution in [2.24, 2.45) is 35.5 Å². The second kappa shape index (κ2) is 4.31. The maximum Gasteiger partial charge on any atom is 0.270 e. The van der Waals surface area contributed by atoms with E-state index in [2.05, 4.69) is 17.6 Å². The van der Waals surface area contributed by atoms with Gasteiger partial charge in [0.15, 0.2) is 0 Å². The molecule has 3 fully saturated rings. The van der Waals surface area contributed by atoms with Crippen LogP contribution in [0.2, 0.25) is 0 Å². The number of hydrogen-bond donors (Lipinski definition) is 1. The zero-order valence-electron chi connectivity index (χ0n) is 12.4. The van der Waals surface area contributed by atoms with Crippen molar-refractivity contribution in [3.05, 3.63) is 48.0 Å². The lowest BCUT2D eigenvalue weighted by atomic mass is 9.63. The summed E-state index contributed by atoms with van der Waals surface area (Å²) >= 11 is 0. The summed E-state index contributed by atoms with van der Waals surface area (Å²) in [6.45, 7) is 0. The van der Waals surface area contributed by atoms with Gasteiger partial charge in [0.1, 0.15) is 0 Å². The minimum atomic E-state index is -0.420. The van der Waals surface area contributed by atoms with E-state index in [1.165, 1.54) is 0 Å². The van der Waals surface area contributed by atoms with E-state index in [-0.39, 0.29) is 35.5 Å². The highest BCUT2D eigenvalue weighted by atomic mass is 16.2. The number of hydrazine groups is 1. The number of imide groups is 1. The van der Waals surface area contributed by atoms with Gasteiger partial charge >= 0.3 is 0 Å². The van der Waals surface area contributed by atoms with E-state index < -0.39 is 5.91 Å². The monoisotopic (exact) mass is 308 g/mol. The molecule has 1 aromatic carbocycles. The van der Waals surface area contributed by atoms with E-state index in [1.807, 2.05) is 6.07 Å². The Morgan fingerprint density at radius 1 is 0.957 bits per heavy atom. The Morgan fingerprint density at radius 3 is 2.09 bits per heavy atom. The van der Waals surface area contributed by atoms with Crippen molar-refractivity contribution in [3.8, 4) is 0 Å². The smallest absolute Gasteiger partial charge is 0.270 e. The van der Waals surface area contributed by atoms with Gasteiger partial charge in [-0.05, 0) is 42.2 Å². The first-order chi connectivity index (χ1) is 11.2. The van der Waals surface area contributed by atoms with Gasteiger partial charge in [0.2, 0.25) is 0 Å². The number of nitrogens with zero attached hydrogens (tertiary/aromatic N) is 1. The minimum Gasteiger partial charge on any atom is -0.272 e. The zero-order chi connectivity index (χ0) is 15.7. The second-order valence-corrected chi connectivity index (χ2v) is 6.97. The lowest BCUT2D eigenvalue weighted by Gasteiger charge is -2.37. The lowest BCUT2D eigenvalue weighted by Crippen LogP contribution is -2.46. The summed E-state index contributed by atoms with van der Waals surface area (Å²) in [4.78, 5) is 37.7. The molecule has 1 N–H and O–H groups in total. The van der Waals surface area contributed by atoms with Gasteiger partial charge in [0, 0.05) is 5.56 Å². The third-order valence-electron chi connectivity index (χ3n) is 5.91. The Labute approximate surface area is 133 Å². The summed E-state index contributed by atoms with van der Waals surface area (Å²) in [5.41, 5.74) is 2.95. The molecular weight excluding hydrogens is 292 g/mol. The van der Waals surface area contributed by atoms with Crippen molar-refractivity contribution in [1.29, 1.82) is 0 Å². The van der Waals surface area contributed by atoms with Crippen molar-refractivity contribution in [2.45, 2.75) is 6.42 Å². The Balaban J connectivity index is 1.42. The van der Waals surface area contributed by atoms with Crippen LogP contribution in [0.15, 0.2) is 42.5 Å². The first-order valence-electron chi connectivity index (χ1n) is 8.09. The predicted molar refractivity (Wildman–Crippen MR) is 80.5 cm³/mol. The molecule has 0 spiro atoms. The van der Waals surface area contributed by atoms with Gasteiger partial charge in [-0.2, -0.15) is 5.01 Å². The van der Waals surface area contributed by atoms with E-state index >= 15 is 0 Å². The first-order valence-corrected chi connectivity index (χ1v) is 8.09. The number of hydrogen-bond acceptors (Lipinski definition) is 3. The Morgan fingerprint density at radius 2 is 1.52 bits per heavy atom. The Kier molecular flexibility index (Phi) is 2.45. The van der Waals surface area contributed by atoms with Gasteiger partial charge in [-0.1, -0.05) is 30.4 Å². The Hall–Kier alpha value is -2.43. The topological polar surface area (TPSA) is 66.5 Å². The molecule has 5 aliphatic rings. The zero-order valence-corrected chi connectivity index (χ0v) is 12.4. The normalized spacial score (nSPS) is 39.2. The molecule has 0 aromatic heterocycles. The lowest BCUT2D eigenvalue weighted by molar-refractivity contribution is -0.143. The van der Waals surface area contributed by atoms with E-state index in [0.29, 0.717) is 17.4 Å². The van der Waals surface area contributed by atoms with Crippen LogP contribution in [-0.4, -0.2) is 22.7 Å². The third-order valence-corrected chi connectivity index (χ3v) is 5.91. The van der Waals surface area contributed by atoms with Crippen LogP contribution in [0.25, 0.3) is 0 Å². The van der Waals surface area contributed by atoms with Crippen molar-refractivity contribution >= 4 is 17.7 Å². The molecule has 0 radical (unpaired) electrons. The average Bonchev–Trinajstić information content (AvgIpc) is 3.37. The van der Waals surface area contributed by atoms with Gasteiger partial charge in [-0.25, -0.2) is 0 Å². The maximum absolute atomic E-state index is 12.7. The number of allylic oxidation sites excluding steroid dienone is 2. The molecule has 1 aromatic rings. The van der Waals surface area contributed by atoms with Crippen LogP contribution in [-0.2, 0) is 9.59 Å². The largest absolute Gasteiger partial charge is 0.272 e. The number of carbonyl (C=O) groups excluding carboxylic acids is 3.